The maximum atomic E-state index is 12.9. The van der Waals surface area contributed by atoms with Crippen LogP contribution in [-0.2, 0) is 16.0 Å². The SMILES string of the molecule is Cc1c(NC(=O)C(CSC(=O)C(C)C)Cc2ccccc2)cccc1C(=O)O. The van der Waals surface area contributed by atoms with Crippen molar-refractivity contribution in [1.29, 1.82) is 0 Å². The molecule has 1 atom stereocenters. The Morgan fingerprint density at radius 3 is 2.32 bits per heavy atom. The zero-order chi connectivity index (χ0) is 20.7. The first-order chi connectivity index (χ1) is 13.3. The van der Waals surface area contributed by atoms with Crippen molar-refractivity contribution >= 4 is 34.4 Å². The fourth-order valence-corrected chi connectivity index (χ4v) is 3.68. The molecule has 0 bridgehead atoms. The molecular formula is C22H25NO4S. The van der Waals surface area contributed by atoms with Crippen LogP contribution in [0.2, 0.25) is 0 Å². The zero-order valence-corrected chi connectivity index (χ0v) is 17.1. The topological polar surface area (TPSA) is 83.5 Å². The van der Waals surface area contributed by atoms with E-state index in [4.69, 9.17) is 0 Å². The summed E-state index contributed by atoms with van der Waals surface area (Å²) < 4.78 is 0. The molecule has 0 heterocycles. The van der Waals surface area contributed by atoms with Gasteiger partial charge in [-0.05, 0) is 36.6 Å². The second-order valence-electron chi connectivity index (χ2n) is 6.94. The molecule has 0 radical (unpaired) electrons. The third-order valence-electron chi connectivity index (χ3n) is 4.42. The van der Waals surface area contributed by atoms with Gasteiger partial charge in [0.05, 0.1) is 11.5 Å². The van der Waals surface area contributed by atoms with Crippen LogP contribution in [0.1, 0.15) is 35.3 Å². The molecule has 5 nitrogen and oxygen atoms in total. The van der Waals surface area contributed by atoms with Crippen molar-refractivity contribution < 1.29 is 19.5 Å². The number of rotatable bonds is 8. The van der Waals surface area contributed by atoms with Crippen molar-refractivity contribution in [2.45, 2.75) is 27.2 Å². The molecule has 0 spiro atoms. The minimum Gasteiger partial charge on any atom is -0.478 e. The summed E-state index contributed by atoms with van der Waals surface area (Å²) in [5.41, 5.74) is 2.15. The van der Waals surface area contributed by atoms with E-state index in [1.807, 2.05) is 44.2 Å². The van der Waals surface area contributed by atoms with Gasteiger partial charge in [0, 0.05) is 17.4 Å². The van der Waals surface area contributed by atoms with Crippen LogP contribution in [0.3, 0.4) is 0 Å². The monoisotopic (exact) mass is 399 g/mol. The first kappa shape index (κ1) is 21.7. The van der Waals surface area contributed by atoms with Crippen molar-refractivity contribution in [1.82, 2.24) is 0 Å². The number of thioether (sulfide) groups is 1. The van der Waals surface area contributed by atoms with Crippen molar-refractivity contribution in [3.05, 3.63) is 65.2 Å². The Labute approximate surface area is 169 Å². The van der Waals surface area contributed by atoms with Gasteiger partial charge in [0.15, 0.2) is 5.12 Å². The summed E-state index contributed by atoms with van der Waals surface area (Å²) in [6, 6.07) is 14.4. The van der Waals surface area contributed by atoms with Gasteiger partial charge in [-0.25, -0.2) is 4.79 Å². The number of carbonyl (C=O) groups excluding carboxylic acids is 2. The van der Waals surface area contributed by atoms with Crippen molar-refractivity contribution in [2.75, 3.05) is 11.1 Å². The van der Waals surface area contributed by atoms with E-state index in [2.05, 4.69) is 5.32 Å². The Bertz CT molecular complexity index is 849. The smallest absolute Gasteiger partial charge is 0.336 e. The summed E-state index contributed by atoms with van der Waals surface area (Å²) >= 11 is 1.17. The van der Waals surface area contributed by atoms with Gasteiger partial charge >= 0.3 is 5.97 Å². The number of hydrogen-bond donors (Lipinski definition) is 2. The highest BCUT2D eigenvalue weighted by Gasteiger charge is 2.23. The highest BCUT2D eigenvalue weighted by molar-refractivity contribution is 8.13. The van der Waals surface area contributed by atoms with Gasteiger partial charge in [0.2, 0.25) is 5.91 Å². The molecule has 0 saturated carbocycles. The van der Waals surface area contributed by atoms with Crippen LogP contribution in [-0.4, -0.2) is 27.9 Å². The summed E-state index contributed by atoms with van der Waals surface area (Å²) in [6.45, 7) is 5.34. The first-order valence-corrected chi connectivity index (χ1v) is 10.1. The van der Waals surface area contributed by atoms with Crippen LogP contribution in [0.5, 0.6) is 0 Å². The molecular weight excluding hydrogens is 374 g/mol. The van der Waals surface area contributed by atoms with Gasteiger partial charge in [-0.15, -0.1) is 0 Å². The highest BCUT2D eigenvalue weighted by Crippen LogP contribution is 2.23. The average molecular weight is 400 g/mol. The molecule has 0 aliphatic rings. The molecule has 0 saturated heterocycles. The highest BCUT2D eigenvalue weighted by atomic mass is 32.2. The maximum Gasteiger partial charge on any atom is 0.336 e. The van der Waals surface area contributed by atoms with Crippen molar-refractivity contribution in [3.8, 4) is 0 Å². The van der Waals surface area contributed by atoms with E-state index in [-0.39, 0.29) is 22.5 Å². The molecule has 0 fully saturated rings. The molecule has 1 amide bonds. The van der Waals surface area contributed by atoms with E-state index < -0.39 is 11.9 Å². The number of nitrogens with one attached hydrogen (secondary N) is 1. The third kappa shape index (κ3) is 5.96. The molecule has 0 aliphatic heterocycles. The fourth-order valence-electron chi connectivity index (χ4n) is 2.71. The predicted octanol–water partition coefficient (Wildman–Crippen LogP) is 4.41. The van der Waals surface area contributed by atoms with Gasteiger partial charge < -0.3 is 10.4 Å². The number of amides is 1. The Balaban J connectivity index is 2.19. The number of hydrogen-bond acceptors (Lipinski definition) is 4. The van der Waals surface area contributed by atoms with Crippen LogP contribution < -0.4 is 5.32 Å². The van der Waals surface area contributed by atoms with E-state index in [1.54, 1.807) is 19.1 Å². The van der Waals surface area contributed by atoms with Gasteiger partial charge in [-0.1, -0.05) is 62.0 Å². The van der Waals surface area contributed by atoms with E-state index in [9.17, 15) is 19.5 Å². The van der Waals surface area contributed by atoms with E-state index in [0.29, 0.717) is 23.4 Å². The summed E-state index contributed by atoms with van der Waals surface area (Å²) in [6.07, 6.45) is 0.503. The molecule has 6 heteroatoms. The van der Waals surface area contributed by atoms with E-state index >= 15 is 0 Å². The normalized spacial score (nSPS) is 11.9. The van der Waals surface area contributed by atoms with Crippen LogP contribution in [0.25, 0.3) is 0 Å². The van der Waals surface area contributed by atoms with Gasteiger partial charge in [-0.2, -0.15) is 0 Å². The fraction of sp³-hybridized carbons (Fsp3) is 0.318. The number of carboxylic acids is 1. The third-order valence-corrected chi connectivity index (χ3v) is 5.74. The lowest BCUT2D eigenvalue weighted by Gasteiger charge is -2.18. The number of benzene rings is 2. The minimum atomic E-state index is -1.03. The van der Waals surface area contributed by atoms with Gasteiger partial charge in [0.1, 0.15) is 0 Å². The van der Waals surface area contributed by atoms with Crippen LogP contribution in [0, 0.1) is 18.8 Å². The first-order valence-electron chi connectivity index (χ1n) is 9.14. The van der Waals surface area contributed by atoms with E-state index in [1.165, 1.54) is 17.8 Å². The lowest BCUT2D eigenvalue weighted by Crippen LogP contribution is -2.28. The summed E-state index contributed by atoms with van der Waals surface area (Å²) in [5.74, 6) is -1.40. The zero-order valence-electron chi connectivity index (χ0n) is 16.3. The Kier molecular flexibility index (Phi) is 7.81. The lowest BCUT2D eigenvalue weighted by molar-refractivity contribution is -0.119. The molecule has 2 rings (SSSR count). The lowest BCUT2D eigenvalue weighted by atomic mass is 9.99. The van der Waals surface area contributed by atoms with Gasteiger partial charge in [0.25, 0.3) is 0 Å². The van der Waals surface area contributed by atoms with Crippen LogP contribution in [0.15, 0.2) is 48.5 Å². The largest absolute Gasteiger partial charge is 0.478 e. The Morgan fingerprint density at radius 2 is 1.71 bits per heavy atom. The molecule has 0 aromatic heterocycles. The van der Waals surface area contributed by atoms with Crippen molar-refractivity contribution in [3.63, 3.8) is 0 Å². The predicted molar refractivity (Wildman–Crippen MR) is 113 cm³/mol. The molecule has 0 aliphatic carbocycles. The Morgan fingerprint density at radius 1 is 1.04 bits per heavy atom. The minimum absolute atomic E-state index is 0.0508. The number of aromatic carboxylic acids is 1. The van der Waals surface area contributed by atoms with Crippen LogP contribution >= 0.6 is 11.8 Å². The van der Waals surface area contributed by atoms with E-state index in [0.717, 1.165) is 5.56 Å². The summed E-state index contributed by atoms with van der Waals surface area (Å²) in [4.78, 5) is 36.3. The van der Waals surface area contributed by atoms with Crippen LogP contribution in [0.4, 0.5) is 5.69 Å². The summed E-state index contributed by atoms with van der Waals surface area (Å²) in [7, 11) is 0. The molecule has 2 aromatic rings. The standard InChI is InChI=1S/C22H25NO4S/c1-14(2)22(27)28-13-17(12-16-8-5-4-6-9-16)20(24)23-19-11-7-10-18(15(19)3)21(25)26/h4-11,14,17H,12-13H2,1-3H3,(H,23,24)(H,25,26). The summed E-state index contributed by atoms with van der Waals surface area (Å²) in [5, 5.41) is 12.2. The maximum absolute atomic E-state index is 12.9. The second-order valence-corrected chi connectivity index (χ2v) is 7.97. The number of anilines is 1. The quantitative estimate of drug-likeness (QED) is 0.687. The second kappa shape index (κ2) is 10.1. The number of carboxylic acid groups (broad SMARTS) is 1. The average Bonchev–Trinajstić information content (AvgIpc) is 2.66. The molecule has 28 heavy (non-hydrogen) atoms. The van der Waals surface area contributed by atoms with Gasteiger partial charge in [-0.3, -0.25) is 9.59 Å². The molecule has 2 N–H and O–H groups in total. The van der Waals surface area contributed by atoms with Crippen molar-refractivity contribution in [2.24, 2.45) is 11.8 Å². The molecule has 2 aromatic carbocycles. The molecule has 1 unspecified atom stereocenters. The Hall–Kier alpha value is -2.60. The molecule has 148 valence electrons. The number of carbonyl (C=O) groups is 3.